The van der Waals surface area contributed by atoms with Crippen LogP contribution < -0.4 is 11.2 Å². The Morgan fingerprint density at radius 1 is 1.46 bits per heavy atom. The summed E-state index contributed by atoms with van der Waals surface area (Å²) in [5, 5.41) is 0. The Bertz CT molecular complexity index is 400. The molecule has 70 valence electrons. The van der Waals surface area contributed by atoms with E-state index in [1.807, 2.05) is 0 Å². The van der Waals surface area contributed by atoms with Gasteiger partial charge in [0.2, 0.25) is 0 Å². The summed E-state index contributed by atoms with van der Waals surface area (Å²) in [5.74, 6) is 0.126. The minimum atomic E-state index is -0.465. The Morgan fingerprint density at radius 3 is 2.92 bits per heavy atom. The van der Waals surface area contributed by atoms with Crippen LogP contribution in [0.4, 0.5) is 0 Å². The molecule has 1 aliphatic rings. The maximum Gasteiger partial charge on any atom is 0.325 e. The average Bonchev–Trinajstić information content (AvgIpc) is 2.56. The van der Waals surface area contributed by atoms with Gasteiger partial charge >= 0.3 is 5.69 Å². The van der Waals surface area contributed by atoms with E-state index in [-0.39, 0.29) is 11.5 Å². The molecule has 0 bridgehead atoms. The molecule has 0 radical (unpaired) electrons. The molecule has 1 fully saturated rings. The number of aromatic amines is 2. The highest BCUT2D eigenvalue weighted by atomic mass is 16.5. The van der Waals surface area contributed by atoms with Gasteiger partial charge < -0.3 is 9.72 Å². The maximum atomic E-state index is 11.3. The van der Waals surface area contributed by atoms with E-state index in [1.54, 1.807) is 0 Å². The molecule has 13 heavy (non-hydrogen) atoms. The molecule has 5 heteroatoms. The van der Waals surface area contributed by atoms with Gasteiger partial charge in [-0.15, -0.1) is 0 Å². The normalized spacial score (nSPS) is 22.0. The zero-order valence-corrected chi connectivity index (χ0v) is 7.00. The predicted octanol–water partition coefficient (Wildman–Crippen LogP) is -0.433. The molecular weight excluding hydrogens is 172 g/mol. The van der Waals surface area contributed by atoms with Gasteiger partial charge in [0.25, 0.3) is 5.56 Å². The monoisotopic (exact) mass is 182 g/mol. The molecule has 0 aromatic carbocycles. The molecule has 2 rings (SSSR count). The fraction of sp³-hybridized carbons (Fsp3) is 0.500. The number of ether oxygens (including phenoxy) is 1. The quantitative estimate of drug-likeness (QED) is 0.618. The molecule has 1 aliphatic heterocycles. The number of hydrogen-bond acceptors (Lipinski definition) is 3. The van der Waals surface area contributed by atoms with Crippen LogP contribution in [0.1, 0.15) is 17.9 Å². The number of nitrogens with one attached hydrogen (secondary N) is 2. The summed E-state index contributed by atoms with van der Waals surface area (Å²) < 4.78 is 5.15. The molecule has 1 saturated heterocycles. The number of aromatic nitrogens is 2. The summed E-state index contributed by atoms with van der Waals surface area (Å²) in [6.45, 7) is 1.25. The third-order valence-corrected chi connectivity index (χ3v) is 2.22. The topological polar surface area (TPSA) is 75.0 Å². The zero-order valence-electron chi connectivity index (χ0n) is 7.00. The van der Waals surface area contributed by atoms with E-state index in [0.717, 1.165) is 6.42 Å². The first-order valence-electron chi connectivity index (χ1n) is 4.17. The molecule has 1 unspecified atom stereocenters. The highest BCUT2D eigenvalue weighted by Gasteiger charge is 2.20. The molecule has 0 spiro atoms. The van der Waals surface area contributed by atoms with Crippen LogP contribution in [0.15, 0.2) is 15.8 Å². The van der Waals surface area contributed by atoms with Crippen molar-refractivity contribution in [2.24, 2.45) is 0 Å². The van der Waals surface area contributed by atoms with E-state index >= 15 is 0 Å². The van der Waals surface area contributed by atoms with Crippen molar-refractivity contribution in [3.63, 3.8) is 0 Å². The first kappa shape index (κ1) is 8.25. The van der Waals surface area contributed by atoms with Gasteiger partial charge in [0.15, 0.2) is 0 Å². The van der Waals surface area contributed by atoms with Crippen LogP contribution in [0.25, 0.3) is 0 Å². The van der Waals surface area contributed by atoms with Gasteiger partial charge in [-0.1, -0.05) is 0 Å². The van der Waals surface area contributed by atoms with Gasteiger partial charge in [-0.2, -0.15) is 0 Å². The van der Waals surface area contributed by atoms with Crippen LogP contribution in [-0.2, 0) is 4.74 Å². The van der Waals surface area contributed by atoms with E-state index in [2.05, 4.69) is 9.97 Å². The second kappa shape index (κ2) is 3.18. The number of H-pyrrole nitrogens is 2. The maximum absolute atomic E-state index is 11.3. The third-order valence-electron chi connectivity index (χ3n) is 2.22. The van der Waals surface area contributed by atoms with Crippen molar-refractivity contribution in [2.75, 3.05) is 13.2 Å². The molecule has 2 heterocycles. The van der Waals surface area contributed by atoms with Crippen LogP contribution in [0, 0.1) is 0 Å². The van der Waals surface area contributed by atoms with Gasteiger partial charge in [0.1, 0.15) is 0 Å². The number of rotatable bonds is 1. The van der Waals surface area contributed by atoms with E-state index < -0.39 is 5.69 Å². The minimum absolute atomic E-state index is 0.126. The van der Waals surface area contributed by atoms with Crippen LogP contribution in [0.5, 0.6) is 0 Å². The van der Waals surface area contributed by atoms with Crippen molar-refractivity contribution in [1.29, 1.82) is 0 Å². The third kappa shape index (κ3) is 1.55. The van der Waals surface area contributed by atoms with Gasteiger partial charge in [-0.05, 0) is 6.42 Å². The molecule has 0 saturated carbocycles. The molecule has 5 nitrogen and oxygen atoms in total. The van der Waals surface area contributed by atoms with Crippen molar-refractivity contribution in [3.8, 4) is 0 Å². The fourth-order valence-electron chi connectivity index (χ4n) is 1.50. The largest absolute Gasteiger partial charge is 0.381 e. The molecule has 1 aromatic heterocycles. The Hall–Kier alpha value is -1.36. The molecular formula is C8H10N2O3. The van der Waals surface area contributed by atoms with E-state index in [1.165, 1.54) is 6.20 Å². The molecule has 1 aromatic rings. The van der Waals surface area contributed by atoms with Gasteiger partial charge in [0.05, 0.1) is 6.61 Å². The Balaban J connectivity index is 2.40. The lowest BCUT2D eigenvalue weighted by Gasteiger charge is -2.04. The summed E-state index contributed by atoms with van der Waals surface area (Å²) in [5.41, 5.74) is -0.163. The van der Waals surface area contributed by atoms with Crippen molar-refractivity contribution in [1.82, 2.24) is 9.97 Å². The Labute approximate surface area is 73.8 Å². The standard InChI is InChI=1S/C8H10N2O3/c11-7-6(3-9-8(12)10-7)5-1-2-13-4-5/h3,5H,1-2,4H2,(H2,9,10,11,12). The lowest BCUT2D eigenvalue weighted by Crippen LogP contribution is -2.26. The Morgan fingerprint density at radius 2 is 2.31 bits per heavy atom. The summed E-state index contributed by atoms with van der Waals surface area (Å²) in [7, 11) is 0. The van der Waals surface area contributed by atoms with Gasteiger partial charge in [0, 0.05) is 24.3 Å². The molecule has 1 atom stereocenters. The van der Waals surface area contributed by atoms with Crippen molar-refractivity contribution >= 4 is 0 Å². The summed E-state index contributed by atoms with van der Waals surface area (Å²) >= 11 is 0. The summed E-state index contributed by atoms with van der Waals surface area (Å²) in [6, 6.07) is 0. The smallest absolute Gasteiger partial charge is 0.325 e. The Kier molecular flexibility index (Phi) is 2.02. The molecule has 0 aliphatic carbocycles. The SMILES string of the molecule is O=c1[nH]cc(C2CCOC2)c(=O)[nH]1. The second-order valence-electron chi connectivity index (χ2n) is 3.09. The van der Waals surface area contributed by atoms with Crippen LogP contribution in [0.3, 0.4) is 0 Å². The zero-order chi connectivity index (χ0) is 9.26. The van der Waals surface area contributed by atoms with E-state index in [0.29, 0.717) is 18.8 Å². The number of hydrogen-bond donors (Lipinski definition) is 2. The van der Waals surface area contributed by atoms with Crippen LogP contribution in [-0.4, -0.2) is 23.2 Å². The first-order chi connectivity index (χ1) is 6.27. The summed E-state index contributed by atoms with van der Waals surface area (Å²) in [4.78, 5) is 26.7. The van der Waals surface area contributed by atoms with Crippen molar-refractivity contribution in [2.45, 2.75) is 12.3 Å². The minimum Gasteiger partial charge on any atom is -0.381 e. The highest BCUT2D eigenvalue weighted by molar-refractivity contribution is 5.11. The fourth-order valence-corrected chi connectivity index (χ4v) is 1.50. The van der Waals surface area contributed by atoms with Crippen LogP contribution in [0.2, 0.25) is 0 Å². The lowest BCUT2D eigenvalue weighted by atomic mass is 10.0. The van der Waals surface area contributed by atoms with Gasteiger partial charge in [-0.3, -0.25) is 9.78 Å². The average molecular weight is 182 g/mol. The van der Waals surface area contributed by atoms with E-state index in [4.69, 9.17) is 4.74 Å². The first-order valence-corrected chi connectivity index (χ1v) is 4.17. The second-order valence-corrected chi connectivity index (χ2v) is 3.09. The highest BCUT2D eigenvalue weighted by Crippen LogP contribution is 2.20. The predicted molar refractivity (Wildman–Crippen MR) is 45.9 cm³/mol. The lowest BCUT2D eigenvalue weighted by molar-refractivity contribution is 0.193. The van der Waals surface area contributed by atoms with Crippen molar-refractivity contribution < 1.29 is 4.74 Å². The molecule has 0 amide bonds. The van der Waals surface area contributed by atoms with Crippen molar-refractivity contribution in [3.05, 3.63) is 32.6 Å². The van der Waals surface area contributed by atoms with Gasteiger partial charge in [-0.25, -0.2) is 4.79 Å². The summed E-state index contributed by atoms with van der Waals surface area (Å²) in [6.07, 6.45) is 2.32. The van der Waals surface area contributed by atoms with E-state index in [9.17, 15) is 9.59 Å². The molecule has 2 N–H and O–H groups in total. The van der Waals surface area contributed by atoms with Crippen LogP contribution >= 0.6 is 0 Å².